The monoisotopic (exact) mass is 420 g/mol. The molecule has 0 fully saturated rings. The van der Waals surface area contributed by atoms with Crippen molar-refractivity contribution in [2.45, 2.75) is 11.4 Å². The summed E-state index contributed by atoms with van der Waals surface area (Å²) in [6.45, 7) is 0.419. The lowest BCUT2D eigenvalue weighted by Crippen LogP contribution is -2.34. The van der Waals surface area contributed by atoms with E-state index in [1.165, 1.54) is 23.5 Å². The van der Waals surface area contributed by atoms with Crippen LogP contribution < -0.4 is 20.1 Å². The zero-order valence-corrected chi connectivity index (χ0v) is 17.0. The number of primary sulfonamides is 1. The highest BCUT2D eigenvalue weighted by atomic mass is 32.2. The standard InChI is InChI=1S/C18H20N4O4S2/c1-22(18-21-17-14(26-2)4-3-5-15(17)27-18)11-16(23)20-10-12-6-8-13(9-7-12)28(19,24)25/h3-9H,10-11H2,1-2H3,(H,20,23)(H2,19,24,25). The first kappa shape index (κ1) is 20.1. The lowest BCUT2D eigenvalue weighted by atomic mass is 10.2. The third-order valence-electron chi connectivity index (χ3n) is 4.04. The van der Waals surface area contributed by atoms with Crippen molar-refractivity contribution >= 4 is 42.6 Å². The van der Waals surface area contributed by atoms with Gasteiger partial charge in [-0.15, -0.1) is 0 Å². The van der Waals surface area contributed by atoms with E-state index < -0.39 is 10.0 Å². The highest BCUT2D eigenvalue weighted by Gasteiger charge is 2.14. The van der Waals surface area contributed by atoms with E-state index in [0.29, 0.717) is 10.9 Å². The predicted octanol–water partition coefficient (Wildman–Crippen LogP) is 1.70. The number of amides is 1. The minimum atomic E-state index is -3.72. The van der Waals surface area contributed by atoms with Crippen LogP contribution in [0.1, 0.15) is 5.56 Å². The highest BCUT2D eigenvalue weighted by molar-refractivity contribution is 7.89. The maximum absolute atomic E-state index is 12.2. The van der Waals surface area contributed by atoms with Crippen molar-refractivity contribution in [1.82, 2.24) is 10.3 Å². The number of carbonyl (C=O) groups is 1. The van der Waals surface area contributed by atoms with Crippen molar-refractivity contribution in [3.8, 4) is 5.75 Å². The van der Waals surface area contributed by atoms with Gasteiger partial charge < -0.3 is 15.0 Å². The molecule has 0 bridgehead atoms. The average Bonchev–Trinajstić information content (AvgIpc) is 3.10. The lowest BCUT2D eigenvalue weighted by Gasteiger charge is -2.15. The molecular weight excluding hydrogens is 400 g/mol. The molecule has 3 rings (SSSR count). The summed E-state index contributed by atoms with van der Waals surface area (Å²) >= 11 is 1.48. The lowest BCUT2D eigenvalue weighted by molar-refractivity contribution is -0.119. The third-order valence-corrected chi connectivity index (χ3v) is 6.10. The first-order valence-corrected chi connectivity index (χ1v) is 10.7. The first-order chi connectivity index (χ1) is 13.3. The summed E-state index contributed by atoms with van der Waals surface area (Å²) < 4.78 is 28.8. The Morgan fingerprint density at radius 2 is 1.96 bits per heavy atom. The number of para-hydroxylation sites is 1. The normalized spacial score (nSPS) is 11.4. The number of nitrogens with one attached hydrogen (secondary N) is 1. The second-order valence-electron chi connectivity index (χ2n) is 6.13. The van der Waals surface area contributed by atoms with Crippen LogP contribution in [-0.2, 0) is 21.4 Å². The fourth-order valence-electron chi connectivity index (χ4n) is 2.58. The highest BCUT2D eigenvalue weighted by Crippen LogP contribution is 2.33. The fraction of sp³-hybridized carbons (Fsp3) is 0.222. The van der Waals surface area contributed by atoms with Crippen LogP contribution in [0.25, 0.3) is 10.2 Å². The van der Waals surface area contributed by atoms with E-state index in [9.17, 15) is 13.2 Å². The number of hydrogen-bond acceptors (Lipinski definition) is 7. The maximum Gasteiger partial charge on any atom is 0.239 e. The summed E-state index contributed by atoms with van der Waals surface area (Å²) in [6.07, 6.45) is 0. The van der Waals surface area contributed by atoms with Crippen LogP contribution in [0.5, 0.6) is 5.75 Å². The topological polar surface area (TPSA) is 115 Å². The number of hydrogen-bond donors (Lipinski definition) is 2. The van der Waals surface area contributed by atoms with Crippen LogP contribution in [0.4, 0.5) is 5.13 Å². The molecule has 10 heteroatoms. The third kappa shape index (κ3) is 4.58. The molecule has 0 saturated carbocycles. The van der Waals surface area contributed by atoms with Gasteiger partial charge in [-0.05, 0) is 29.8 Å². The molecule has 0 atom stereocenters. The number of sulfonamides is 1. The molecule has 0 radical (unpaired) electrons. The van der Waals surface area contributed by atoms with E-state index >= 15 is 0 Å². The molecule has 1 heterocycles. The number of carbonyl (C=O) groups excluding carboxylic acids is 1. The molecule has 0 unspecified atom stereocenters. The van der Waals surface area contributed by atoms with Crippen LogP contribution >= 0.6 is 11.3 Å². The molecule has 0 spiro atoms. The van der Waals surface area contributed by atoms with Gasteiger partial charge in [0, 0.05) is 13.6 Å². The largest absolute Gasteiger partial charge is 0.494 e. The zero-order chi connectivity index (χ0) is 20.3. The Hall–Kier alpha value is -2.69. The number of fused-ring (bicyclic) bond motifs is 1. The molecule has 0 aliphatic rings. The molecular formula is C18H20N4O4S2. The minimum absolute atomic E-state index is 0.0357. The molecule has 3 N–H and O–H groups in total. The Balaban J connectivity index is 1.60. The van der Waals surface area contributed by atoms with Gasteiger partial charge in [-0.1, -0.05) is 29.5 Å². The van der Waals surface area contributed by atoms with Gasteiger partial charge in [0.15, 0.2) is 5.13 Å². The Labute approximate surface area is 167 Å². The van der Waals surface area contributed by atoms with Gasteiger partial charge in [-0.2, -0.15) is 0 Å². The van der Waals surface area contributed by atoms with Gasteiger partial charge in [-0.3, -0.25) is 4.79 Å². The smallest absolute Gasteiger partial charge is 0.239 e. The number of likely N-dealkylation sites (N-methyl/N-ethyl adjacent to an activating group) is 1. The Morgan fingerprint density at radius 3 is 2.61 bits per heavy atom. The average molecular weight is 421 g/mol. The Morgan fingerprint density at radius 1 is 1.25 bits per heavy atom. The number of benzene rings is 2. The van der Waals surface area contributed by atoms with Crippen LogP contribution in [-0.4, -0.2) is 40.0 Å². The number of nitrogens with zero attached hydrogens (tertiary/aromatic N) is 2. The van der Waals surface area contributed by atoms with Crippen molar-refractivity contribution in [3.63, 3.8) is 0 Å². The molecule has 28 heavy (non-hydrogen) atoms. The van der Waals surface area contributed by atoms with Crippen molar-refractivity contribution in [1.29, 1.82) is 0 Å². The molecule has 8 nitrogen and oxygen atoms in total. The quantitative estimate of drug-likeness (QED) is 0.601. The molecule has 2 aromatic carbocycles. The Kier molecular flexibility index (Phi) is 5.82. The number of rotatable bonds is 7. The molecule has 3 aromatic rings. The van der Waals surface area contributed by atoms with Crippen LogP contribution in [0.15, 0.2) is 47.4 Å². The molecule has 0 aliphatic heterocycles. The minimum Gasteiger partial charge on any atom is -0.494 e. The van der Waals surface area contributed by atoms with E-state index in [4.69, 9.17) is 9.88 Å². The van der Waals surface area contributed by atoms with Crippen molar-refractivity contribution < 1.29 is 17.9 Å². The molecule has 1 amide bonds. The molecule has 0 saturated heterocycles. The molecule has 1 aromatic heterocycles. The summed E-state index contributed by atoms with van der Waals surface area (Å²) in [7, 11) is -0.328. The van der Waals surface area contributed by atoms with Gasteiger partial charge in [-0.25, -0.2) is 18.5 Å². The van der Waals surface area contributed by atoms with Gasteiger partial charge in [0.1, 0.15) is 11.3 Å². The number of aromatic nitrogens is 1. The van der Waals surface area contributed by atoms with Crippen molar-refractivity contribution in [2.75, 3.05) is 25.6 Å². The Bertz CT molecular complexity index is 1090. The molecule has 148 valence electrons. The summed E-state index contributed by atoms with van der Waals surface area (Å²) in [5, 5.41) is 8.59. The number of anilines is 1. The fourth-order valence-corrected chi connectivity index (χ4v) is 4.04. The van der Waals surface area contributed by atoms with E-state index in [1.54, 1.807) is 31.2 Å². The number of thiazole rings is 1. The van der Waals surface area contributed by atoms with Gasteiger partial charge in [0.2, 0.25) is 15.9 Å². The summed E-state index contributed by atoms with van der Waals surface area (Å²) in [4.78, 5) is 18.6. The van der Waals surface area contributed by atoms with Crippen LogP contribution in [0.2, 0.25) is 0 Å². The van der Waals surface area contributed by atoms with E-state index in [1.807, 2.05) is 18.2 Å². The van der Waals surface area contributed by atoms with Gasteiger partial charge >= 0.3 is 0 Å². The molecule has 0 aliphatic carbocycles. The van der Waals surface area contributed by atoms with Crippen LogP contribution in [0, 0.1) is 0 Å². The van der Waals surface area contributed by atoms with Gasteiger partial charge in [0.25, 0.3) is 0 Å². The van der Waals surface area contributed by atoms with E-state index in [0.717, 1.165) is 15.8 Å². The van der Waals surface area contributed by atoms with Gasteiger partial charge in [0.05, 0.1) is 23.2 Å². The van der Waals surface area contributed by atoms with E-state index in [2.05, 4.69) is 10.3 Å². The van der Waals surface area contributed by atoms with E-state index in [-0.39, 0.29) is 23.9 Å². The maximum atomic E-state index is 12.2. The predicted molar refractivity (Wildman–Crippen MR) is 109 cm³/mol. The second-order valence-corrected chi connectivity index (χ2v) is 8.70. The SMILES string of the molecule is COc1cccc2sc(N(C)CC(=O)NCc3ccc(S(N)(=O)=O)cc3)nc12. The first-order valence-electron chi connectivity index (χ1n) is 8.31. The number of nitrogens with two attached hydrogens (primary N) is 1. The zero-order valence-electron chi connectivity index (χ0n) is 15.4. The van der Waals surface area contributed by atoms with Crippen LogP contribution in [0.3, 0.4) is 0 Å². The van der Waals surface area contributed by atoms with Crippen molar-refractivity contribution in [3.05, 3.63) is 48.0 Å². The summed E-state index contributed by atoms with van der Waals surface area (Å²) in [6, 6.07) is 11.8. The summed E-state index contributed by atoms with van der Waals surface area (Å²) in [5.41, 5.74) is 1.54. The number of methoxy groups -OCH3 is 1. The summed E-state index contributed by atoms with van der Waals surface area (Å²) in [5.74, 6) is 0.519. The second kappa shape index (κ2) is 8.13. The van der Waals surface area contributed by atoms with Crippen molar-refractivity contribution in [2.24, 2.45) is 5.14 Å². The number of ether oxygens (including phenoxy) is 1.